The maximum absolute atomic E-state index is 12.3. The number of nitrogens with zero attached hydrogens (tertiary/aromatic N) is 1. The Labute approximate surface area is 118 Å². The Morgan fingerprint density at radius 1 is 1.35 bits per heavy atom. The van der Waals surface area contributed by atoms with E-state index in [1.807, 2.05) is 0 Å². The minimum atomic E-state index is -0.211. The van der Waals surface area contributed by atoms with Gasteiger partial charge in [0.1, 0.15) is 11.5 Å². The van der Waals surface area contributed by atoms with Gasteiger partial charge < -0.3 is 14.8 Å². The van der Waals surface area contributed by atoms with Crippen molar-refractivity contribution in [3.8, 4) is 17.6 Å². The number of hydrogen-bond acceptors (Lipinski definition) is 4. The molecule has 2 rings (SSSR count). The number of amides is 1. The van der Waals surface area contributed by atoms with Gasteiger partial charge in [0.15, 0.2) is 0 Å². The predicted octanol–water partition coefficient (Wildman–Crippen LogP) is 2.13. The van der Waals surface area contributed by atoms with E-state index >= 15 is 0 Å². The first-order valence-electron chi connectivity index (χ1n) is 6.62. The van der Waals surface area contributed by atoms with Gasteiger partial charge in [0.05, 0.1) is 31.8 Å². The van der Waals surface area contributed by atoms with Crippen LogP contribution in [-0.2, 0) is 0 Å². The highest BCUT2D eigenvalue weighted by Gasteiger charge is 2.29. The molecule has 1 amide bonds. The lowest BCUT2D eigenvalue weighted by Crippen LogP contribution is -2.37. The van der Waals surface area contributed by atoms with E-state index in [-0.39, 0.29) is 17.9 Å². The summed E-state index contributed by atoms with van der Waals surface area (Å²) in [5.74, 6) is 0.794. The molecule has 1 N–H and O–H groups in total. The highest BCUT2D eigenvalue weighted by Crippen LogP contribution is 2.27. The first-order valence-corrected chi connectivity index (χ1v) is 6.62. The van der Waals surface area contributed by atoms with Crippen LogP contribution in [0, 0.1) is 17.2 Å². The fourth-order valence-electron chi connectivity index (χ4n) is 2.52. The SMILES string of the molecule is COc1ccc(C(=O)NC2CCCC2C#N)c(OC)c1. The van der Waals surface area contributed by atoms with Crippen molar-refractivity contribution >= 4 is 5.91 Å². The van der Waals surface area contributed by atoms with E-state index in [0.717, 1.165) is 19.3 Å². The lowest BCUT2D eigenvalue weighted by molar-refractivity contribution is 0.0929. The maximum Gasteiger partial charge on any atom is 0.255 e. The molecule has 0 saturated heterocycles. The molecule has 1 fully saturated rings. The molecule has 2 atom stereocenters. The quantitative estimate of drug-likeness (QED) is 0.913. The number of ether oxygens (including phenoxy) is 2. The zero-order chi connectivity index (χ0) is 14.5. The molecule has 1 aromatic rings. The Bertz CT molecular complexity index is 536. The third kappa shape index (κ3) is 2.85. The number of carbonyl (C=O) groups excluding carboxylic acids is 1. The molecule has 1 aromatic carbocycles. The summed E-state index contributed by atoms with van der Waals surface area (Å²) in [6, 6.07) is 7.24. The van der Waals surface area contributed by atoms with Crippen molar-refractivity contribution in [2.45, 2.75) is 25.3 Å². The monoisotopic (exact) mass is 274 g/mol. The molecule has 1 aliphatic carbocycles. The molecule has 0 aliphatic heterocycles. The first-order chi connectivity index (χ1) is 9.69. The Morgan fingerprint density at radius 3 is 2.80 bits per heavy atom. The molecular weight excluding hydrogens is 256 g/mol. The summed E-state index contributed by atoms with van der Waals surface area (Å²) in [5.41, 5.74) is 0.455. The van der Waals surface area contributed by atoms with Gasteiger partial charge in [-0.2, -0.15) is 5.26 Å². The Hall–Kier alpha value is -2.22. The zero-order valence-electron chi connectivity index (χ0n) is 11.7. The molecule has 1 saturated carbocycles. The molecule has 0 radical (unpaired) electrons. The van der Waals surface area contributed by atoms with E-state index in [2.05, 4.69) is 11.4 Å². The molecule has 5 heteroatoms. The molecule has 2 unspecified atom stereocenters. The zero-order valence-corrected chi connectivity index (χ0v) is 11.7. The highest BCUT2D eigenvalue weighted by atomic mass is 16.5. The van der Waals surface area contributed by atoms with Crippen molar-refractivity contribution in [2.24, 2.45) is 5.92 Å². The Kier molecular flexibility index (Phi) is 4.46. The largest absolute Gasteiger partial charge is 0.497 e. The first kappa shape index (κ1) is 14.2. The summed E-state index contributed by atoms with van der Waals surface area (Å²) in [4.78, 5) is 12.3. The molecule has 106 valence electrons. The van der Waals surface area contributed by atoms with Gasteiger partial charge in [-0.3, -0.25) is 4.79 Å². The number of benzene rings is 1. The van der Waals surface area contributed by atoms with E-state index < -0.39 is 0 Å². The number of nitrogens with one attached hydrogen (secondary N) is 1. The molecular formula is C15H18N2O3. The second-order valence-electron chi connectivity index (χ2n) is 4.81. The van der Waals surface area contributed by atoms with Crippen LogP contribution in [0.4, 0.5) is 0 Å². The van der Waals surface area contributed by atoms with Crippen LogP contribution in [0.25, 0.3) is 0 Å². The number of hydrogen-bond donors (Lipinski definition) is 1. The van der Waals surface area contributed by atoms with Crippen molar-refractivity contribution in [3.63, 3.8) is 0 Å². The van der Waals surface area contributed by atoms with Crippen LogP contribution in [0.3, 0.4) is 0 Å². The van der Waals surface area contributed by atoms with Crippen LogP contribution < -0.4 is 14.8 Å². The summed E-state index contributed by atoms with van der Waals surface area (Å²) in [7, 11) is 3.07. The number of methoxy groups -OCH3 is 2. The second kappa shape index (κ2) is 6.29. The predicted molar refractivity (Wildman–Crippen MR) is 73.8 cm³/mol. The van der Waals surface area contributed by atoms with Gasteiger partial charge in [-0.1, -0.05) is 0 Å². The molecule has 0 spiro atoms. The van der Waals surface area contributed by atoms with Crippen molar-refractivity contribution < 1.29 is 14.3 Å². The summed E-state index contributed by atoms with van der Waals surface area (Å²) >= 11 is 0. The third-order valence-electron chi connectivity index (χ3n) is 3.65. The fourth-order valence-corrected chi connectivity index (χ4v) is 2.52. The fraction of sp³-hybridized carbons (Fsp3) is 0.467. The topological polar surface area (TPSA) is 71.3 Å². The van der Waals surface area contributed by atoms with Crippen LogP contribution >= 0.6 is 0 Å². The molecule has 0 heterocycles. The Balaban J connectivity index is 2.15. The van der Waals surface area contributed by atoms with Gasteiger partial charge in [0, 0.05) is 12.1 Å². The van der Waals surface area contributed by atoms with Crippen molar-refractivity contribution in [1.82, 2.24) is 5.32 Å². The smallest absolute Gasteiger partial charge is 0.255 e. The van der Waals surface area contributed by atoms with E-state index in [1.165, 1.54) is 7.11 Å². The molecule has 5 nitrogen and oxygen atoms in total. The number of rotatable bonds is 4. The number of carbonyl (C=O) groups is 1. The Morgan fingerprint density at radius 2 is 2.15 bits per heavy atom. The van der Waals surface area contributed by atoms with Gasteiger partial charge in [-0.05, 0) is 31.4 Å². The second-order valence-corrected chi connectivity index (χ2v) is 4.81. The summed E-state index contributed by atoms with van der Waals surface area (Å²) in [5, 5.41) is 12.0. The molecule has 0 aromatic heterocycles. The summed E-state index contributed by atoms with van der Waals surface area (Å²) < 4.78 is 10.3. The van der Waals surface area contributed by atoms with Gasteiger partial charge in [-0.15, -0.1) is 0 Å². The van der Waals surface area contributed by atoms with Gasteiger partial charge in [0.25, 0.3) is 5.91 Å². The number of nitriles is 1. The van der Waals surface area contributed by atoms with Crippen LogP contribution in [0.15, 0.2) is 18.2 Å². The van der Waals surface area contributed by atoms with E-state index in [9.17, 15) is 4.79 Å². The van der Waals surface area contributed by atoms with Crippen molar-refractivity contribution in [1.29, 1.82) is 5.26 Å². The van der Waals surface area contributed by atoms with E-state index in [0.29, 0.717) is 17.1 Å². The lowest BCUT2D eigenvalue weighted by atomic mass is 10.0. The molecule has 0 bridgehead atoms. The standard InChI is InChI=1S/C15H18N2O3/c1-19-11-6-7-12(14(8-11)20-2)15(18)17-13-5-3-4-10(13)9-16/h6-8,10,13H,3-5H2,1-2H3,(H,17,18). The van der Waals surface area contributed by atoms with E-state index in [1.54, 1.807) is 25.3 Å². The third-order valence-corrected chi connectivity index (χ3v) is 3.65. The maximum atomic E-state index is 12.3. The minimum Gasteiger partial charge on any atom is -0.497 e. The van der Waals surface area contributed by atoms with Crippen LogP contribution in [0.5, 0.6) is 11.5 Å². The van der Waals surface area contributed by atoms with Crippen LogP contribution in [0.2, 0.25) is 0 Å². The van der Waals surface area contributed by atoms with Crippen molar-refractivity contribution in [2.75, 3.05) is 14.2 Å². The van der Waals surface area contributed by atoms with Crippen LogP contribution in [0.1, 0.15) is 29.6 Å². The highest BCUT2D eigenvalue weighted by molar-refractivity contribution is 5.97. The minimum absolute atomic E-state index is 0.0701. The van der Waals surface area contributed by atoms with Crippen molar-refractivity contribution in [3.05, 3.63) is 23.8 Å². The van der Waals surface area contributed by atoms with Gasteiger partial charge >= 0.3 is 0 Å². The van der Waals surface area contributed by atoms with Gasteiger partial charge in [0.2, 0.25) is 0 Å². The van der Waals surface area contributed by atoms with Crippen LogP contribution in [-0.4, -0.2) is 26.2 Å². The summed E-state index contributed by atoms with van der Waals surface area (Å²) in [6.07, 6.45) is 2.67. The molecule has 1 aliphatic rings. The lowest BCUT2D eigenvalue weighted by Gasteiger charge is -2.17. The normalized spacial score (nSPS) is 21.1. The average molecular weight is 274 g/mol. The van der Waals surface area contributed by atoms with Gasteiger partial charge in [-0.25, -0.2) is 0 Å². The molecule has 20 heavy (non-hydrogen) atoms. The summed E-state index contributed by atoms with van der Waals surface area (Å²) in [6.45, 7) is 0. The average Bonchev–Trinajstić information content (AvgIpc) is 2.93. The van der Waals surface area contributed by atoms with E-state index in [4.69, 9.17) is 14.7 Å².